The summed E-state index contributed by atoms with van der Waals surface area (Å²) in [5, 5.41) is 5.38. The summed E-state index contributed by atoms with van der Waals surface area (Å²) in [6.45, 7) is 0. The van der Waals surface area contributed by atoms with Crippen molar-refractivity contribution in [3.8, 4) is 0 Å². The summed E-state index contributed by atoms with van der Waals surface area (Å²) in [6.07, 6.45) is 1.69. The van der Waals surface area contributed by atoms with Gasteiger partial charge in [-0.25, -0.2) is 0 Å². The quantitative estimate of drug-likeness (QED) is 0.739. The zero-order valence-corrected chi connectivity index (χ0v) is 13.2. The molecule has 1 atom stereocenters. The highest BCUT2D eigenvalue weighted by Crippen LogP contribution is 2.35. The standard InChI is InChI=1S/C17H15Cl2NO/c1-21-20-17-10-12-4-2-3-5-13(12)14(17)8-11-6-7-15(18)16(19)9-11/h2-7,9,14H,8,10H2,1H3/b20-17-. The van der Waals surface area contributed by atoms with E-state index in [0.717, 1.165) is 24.1 Å². The van der Waals surface area contributed by atoms with Gasteiger partial charge in [0.15, 0.2) is 0 Å². The Kier molecular flexibility index (Phi) is 4.18. The molecule has 0 fully saturated rings. The lowest BCUT2D eigenvalue weighted by Gasteiger charge is -2.13. The predicted molar refractivity (Wildman–Crippen MR) is 87.5 cm³/mol. The molecular formula is C17H15Cl2NO. The number of halogens is 2. The monoisotopic (exact) mass is 319 g/mol. The van der Waals surface area contributed by atoms with Gasteiger partial charge in [-0.2, -0.15) is 0 Å². The van der Waals surface area contributed by atoms with Gasteiger partial charge in [-0.1, -0.05) is 58.7 Å². The van der Waals surface area contributed by atoms with Crippen molar-refractivity contribution in [2.75, 3.05) is 7.11 Å². The molecule has 2 nitrogen and oxygen atoms in total. The molecule has 0 heterocycles. The van der Waals surface area contributed by atoms with Gasteiger partial charge in [0, 0.05) is 12.3 Å². The molecule has 0 aliphatic heterocycles. The minimum atomic E-state index is 0.235. The molecular weight excluding hydrogens is 305 g/mol. The minimum absolute atomic E-state index is 0.235. The molecule has 0 saturated carbocycles. The van der Waals surface area contributed by atoms with Crippen LogP contribution < -0.4 is 0 Å². The molecule has 0 amide bonds. The molecule has 108 valence electrons. The molecule has 0 spiro atoms. The van der Waals surface area contributed by atoms with E-state index in [4.69, 9.17) is 28.0 Å². The Morgan fingerprint density at radius 2 is 1.95 bits per heavy atom. The zero-order chi connectivity index (χ0) is 14.8. The van der Waals surface area contributed by atoms with Crippen molar-refractivity contribution < 1.29 is 4.84 Å². The van der Waals surface area contributed by atoms with E-state index >= 15 is 0 Å². The fourth-order valence-corrected chi connectivity index (χ4v) is 3.20. The number of hydrogen-bond donors (Lipinski definition) is 0. The molecule has 1 aliphatic carbocycles. The third kappa shape index (κ3) is 2.92. The van der Waals surface area contributed by atoms with Crippen LogP contribution in [-0.2, 0) is 17.7 Å². The Hall–Kier alpha value is -1.51. The molecule has 2 aromatic carbocycles. The maximum Gasteiger partial charge on any atom is 0.106 e. The third-order valence-corrected chi connectivity index (χ3v) is 4.58. The Morgan fingerprint density at radius 1 is 1.14 bits per heavy atom. The van der Waals surface area contributed by atoms with E-state index in [-0.39, 0.29) is 5.92 Å². The first-order valence-electron chi connectivity index (χ1n) is 6.80. The average Bonchev–Trinajstić information content (AvgIpc) is 2.81. The average molecular weight is 320 g/mol. The van der Waals surface area contributed by atoms with Crippen molar-refractivity contribution >= 4 is 28.9 Å². The minimum Gasteiger partial charge on any atom is -0.399 e. The lowest BCUT2D eigenvalue weighted by Crippen LogP contribution is -2.10. The number of fused-ring (bicyclic) bond motifs is 1. The second-order valence-corrected chi connectivity index (χ2v) is 5.96. The SMILES string of the molecule is CO/N=C1/Cc2ccccc2C1Cc1ccc(Cl)c(Cl)c1. The Morgan fingerprint density at radius 3 is 2.71 bits per heavy atom. The van der Waals surface area contributed by atoms with Gasteiger partial charge in [0.25, 0.3) is 0 Å². The lowest BCUT2D eigenvalue weighted by molar-refractivity contribution is 0.211. The van der Waals surface area contributed by atoms with E-state index in [1.54, 1.807) is 7.11 Å². The molecule has 1 unspecified atom stereocenters. The first-order chi connectivity index (χ1) is 10.2. The number of rotatable bonds is 3. The van der Waals surface area contributed by atoms with E-state index in [1.165, 1.54) is 11.1 Å². The van der Waals surface area contributed by atoms with Gasteiger partial charge in [0.2, 0.25) is 0 Å². The van der Waals surface area contributed by atoms with Crippen LogP contribution in [0.5, 0.6) is 0 Å². The van der Waals surface area contributed by atoms with Crippen molar-refractivity contribution in [2.24, 2.45) is 5.16 Å². The number of benzene rings is 2. The van der Waals surface area contributed by atoms with Crippen LogP contribution in [0.2, 0.25) is 10.0 Å². The maximum atomic E-state index is 6.11. The predicted octanol–water partition coefficient (Wildman–Crippen LogP) is 4.88. The highest BCUT2D eigenvalue weighted by molar-refractivity contribution is 6.42. The molecule has 2 aromatic rings. The van der Waals surface area contributed by atoms with Crippen LogP contribution in [0.15, 0.2) is 47.6 Å². The van der Waals surface area contributed by atoms with Gasteiger partial charge in [-0.15, -0.1) is 0 Å². The zero-order valence-electron chi connectivity index (χ0n) is 11.6. The van der Waals surface area contributed by atoms with Crippen molar-refractivity contribution in [3.63, 3.8) is 0 Å². The van der Waals surface area contributed by atoms with Crippen molar-refractivity contribution in [1.82, 2.24) is 0 Å². The largest absolute Gasteiger partial charge is 0.399 e. The second-order valence-electron chi connectivity index (χ2n) is 5.15. The van der Waals surface area contributed by atoms with E-state index < -0.39 is 0 Å². The molecule has 3 rings (SSSR count). The first kappa shape index (κ1) is 14.4. The van der Waals surface area contributed by atoms with Gasteiger partial charge < -0.3 is 4.84 Å². The van der Waals surface area contributed by atoms with Crippen LogP contribution in [0.4, 0.5) is 0 Å². The smallest absolute Gasteiger partial charge is 0.106 e. The van der Waals surface area contributed by atoms with Crippen LogP contribution in [0, 0.1) is 0 Å². The van der Waals surface area contributed by atoms with Gasteiger partial charge >= 0.3 is 0 Å². The highest BCUT2D eigenvalue weighted by Gasteiger charge is 2.29. The topological polar surface area (TPSA) is 21.6 Å². The maximum absolute atomic E-state index is 6.11. The molecule has 21 heavy (non-hydrogen) atoms. The summed E-state index contributed by atoms with van der Waals surface area (Å²) in [4.78, 5) is 5.01. The van der Waals surface area contributed by atoms with Crippen LogP contribution >= 0.6 is 23.2 Å². The van der Waals surface area contributed by atoms with Crippen molar-refractivity contribution in [1.29, 1.82) is 0 Å². The van der Waals surface area contributed by atoms with Crippen molar-refractivity contribution in [3.05, 3.63) is 69.2 Å². The van der Waals surface area contributed by atoms with Crippen LogP contribution in [0.1, 0.15) is 22.6 Å². The molecule has 0 aromatic heterocycles. The van der Waals surface area contributed by atoms with E-state index in [2.05, 4.69) is 29.4 Å². The van der Waals surface area contributed by atoms with E-state index in [1.807, 2.05) is 18.2 Å². The molecule has 1 aliphatic rings. The van der Waals surface area contributed by atoms with E-state index in [9.17, 15) is 0 Å². The lowest BCUT2D eigenvalue weighted by atomic mass is 9.92. The molecule has 0 N–H and O–H groups in total. The fourth-order valence-electron chi connectivity index (χ4n) is 2.88. The number of nitrogens with zero attached hydrogens (tertiary/aromatic N) is 1. The summed E-state index contributed by atoms with van der Waals surface area (Å²) < 4.78 is 0. The van der Waals surface area contributed by atoms with Gasteiger partial charge in [0.1, 0.15) is 7.11 Å². The summed E-state index contributed by atoms with van der Waals surface area (Å²) in [6, 6.07) is 14.2. The number of oxime groups is 1. The summed E-state index contributed by atoms with van der Waals surface area (Å²) in [7, 11) is 1.59. The van der Waals surface area contributed by atoms with Gasteiger partial charge in [-0.3, -0.25) is 0 Å². The van der Waals surface area contributed by atoms with Crippen LogP contribution in [0.3, 0.4) is 0 Å². The second kappa shape index (κ2) is 6.08. The third-order valence-electron chi connectivity index (χ3n) is 3.84. The Bertz CT molecular complexity index is 697. The molecule has 0 saturated heterocycles. The Balaban J connectivity index is 1.94. The summed E-state index contributed by atoms with van der Waals surface area (Å²) in [5.41, 5.74) is 4.84. The highest BCUT2D eigenvalue weighted by atomic mass is 35.5. The summed E-state index contributed by atoms with van der Waals surface area (Å²) >= 11 is 12.1. The molecule has 4 heteroatoms. The molecule has 0 radical (unpaired) electrons. The van der Waals surface area contributed by atoms with Crippen LogP contribution in [-0.4, -0.2) is 12.8 Å². The van der Waals surface area contributed by atoms with Crippen LogP contribution in [0.25, 0.3) is 0 Å². The van der Waals surface area contributed by atoms with E-state index in [0.29, 0.717) is 10.0 Å². The molecule has 0 bridgehead atoms. The summed E-state index contributed by atoms with van der Waals surface area (Å²) in [5.74, 6) is 0.235. The number of hydrogen-bond acceptors (Lipinski definition) is 2. The normalized spacial score (nSPS) is 18.8. The fraction of sp³-hybridized carbons (Fsp3) is 0.235. The Labute approximate surface area is 134 Å². The van der Waals surface area contributed by atoms with Crippen molar-refractivity contribution in [2.45, 2.75) is 18.8 Å². The van der Waals surface area contributed by atoms with Gasteiger partial charge in [0.05, 0.1) is 15.8 Å². The van der Waals surface area contributed by atoms with Gasteiger partial charge in [-0.05, 0) is 35.2 Å². The first-order valence-corrected chi connectivity index (χ1v) is 7.56.